The van der Waals surface area contributed by atoms with Crippen LogP contribution in [0.4, 0.5) is 0 Å². The van der Waals surface area contributed by atoms with Crippen LogP contribution in [0.15, 0.2) is 121 Å². The van der Waals surface area contributed by atoms with E-state index in [4.69, 9.17) is 9.16 Å². The van der Waals surface area contributed by atoms with Gasteiger partial charge in [0.2, 0.25) is 0 Å². The van der Waals surface area contributed by atoms with Crippen molar-refractivity contribution in [1.29, 1.82) is 0 Å². The van der Waals surface area contributed by atoms with Gasteiger partial charge in [-0.15, -0.1) is 0 Å². The molecule has 0 aromatic heterocycles. The molecule has 0 saturated carbocycles. The Bertz CT molecular complexity index is 1290. The first kappa shape index (κ1) is 28.5. The van der Waals surface area contributed by atoms with Crippen molar-refractivity contribution in [3.8, 4) is 0 Å². The lowest BCUT2D eigenvalue weighted by Crippen LogP contribution is -2.48. The predicted molar refractivity (Wildman–Crippen MR) is 159 cm³/mol. The van der Waals surface area contributed by atoms with E-state index >= 15 is 0 Å². The zero-order valence-corrected chi connectivity index (χ0v) is 24.4. The number of aliphatic hydroxyl groups is 1. The first-order valence-corrected chi connectivity index (χ1v) is 16.8. The number of hydrogen-bond acceptors (Lipinski definition) is 4. The Morgan fingerprint density at radius 3 is 1.49 bits per heavy atom. The van der Waals surface area contributed by atoms with Gasteiger partial charge in [-0.05, 0) is 55.7 Å². The molecule has 0 saturated heterocycles. The van der Waals surface area contributed by atoms with Crippen molar-refractivity contribution in [2.45, 2.75) is 50.8 Å². The second-order valence-electron chi connectivity index (χ2n) is 11.1. The molecule has 0 bridgehead atoms. The lowest BCUT2D eigenvalue weighted by molar-refractivity contribution is -0.174. The number of carbonyl (C=O) groups excluding carboxylic acids is 1. The second kappa shape index (κ2) is 11.7. The normalized spacial score (nSPS) is 15.1. The lowest BCUT2D eigenvalue weighted by Gasteiger charge is -2.45. The van der Waals surface area contributed by atoms with Gasteiger partial charge in [0.1, 0.15) is 5.60 Å². The molecule has 1 N–H and O–H groups in total. The molecule has 5 heteroatoms. The summed E-state index contributed by atoms with van der Waals surface area (Å²) in [5.74, 6) is -1.35. The number of rotatable bonds is 10. The monoisotopic (exact) mass is 538 g/mol. The van der Waals surface area contributed by atoms with Crippen molar-refractivity contribution in [3.05, 3.63) is 144 Å². The van der Waals surface area contributed by atoms with Crippen molar-refractivity contribution in [3.63, 3.8) is 0 Å². The van der Waals surface area contributed by atoms with Gasteiger partial charge in [-0.25, -0.2) is 0 Å². The van der Waals surface area contributed by atoms with Crippen LogP contribution in [0.2, 0.25) is 19.6 Å². The molecule has 4 aromatic carbocycles. The first-order chi connectivity index (χ1) is 18.6. The number of ether oxygens (including phenoxy) is 1. The minimum atomic E-state index is -2.26. The van der Waals surface area contributed by atoms with Crippen molar-refractivity contribution in [2.24, 2.45) is 5.92 Å². The maximum atomic E-state index is 14.0. The SMILES string of the molecule is C[C@H](C(=O)O[C@H](c1ccccc1)C(O[Si](C)(C)C)(c1ccccc1)c1ccccc1)[C@@](C)(O)c1ccccc1. The van der Waals surface area contributed by atoms with Crippen molar-refractivity contribution in [1.82, 2.24) is 0 Å². The van der Waals surface area contributed by atoms with E-state index in [2.05, 4.69) is 19.6 Å². The third kappa shape index (κ3) is 6.22. The second-order valence-corrected chi connectivity index (χ2v) is 15.6. The molecule has 39 heavy (non-hydrogen) atoms. The Hall–Kier alpha value is -3.51. The summed E-state index contributed by atoms with van der Waals surface area (Å²) in [4.78, 5) is 14.0. The summed E-state index contributed by atoms with van der Waals surface area (Å²) in [5, 5.41) is 11.5. The van der Waals surface area contributed by atoms with Gasteiger partial charge in [0.25, 0.3) is 0 Å². The number of esters is 1. The zero-order valence-electron chi connectivity index (χ0n) is 23.4. The van der Waals surface area contributed by atoms with E-state index in [-0.39, 0.29) is 0 Å². The zero-order chi connectivity index (χ0) is 28.1. The van der Waals surface area contributed by atoms with E-state index in [1.54, 1.807) is 13.8 Å². The topological polar surface area (TPSA) is 55.8 Å². The first-order valence-electron chi connectivity index (χ1n) is 13.4. The molecule has 0 aliphatic carbocycles. The van der Waals surface area contributed by atoms with Gasteiger partial charge in [-0.3, -0.25) is 4.79 Å². The van der Waals surface area contributed by atoms with Crippen LogP contribution in [0.1, 0.15) is 42.2 Å². The fourth-order valence-corrected chi connectivity index (χ4v) is 6.29. The molecule has 0 aliphatic heterocycles. The number of benzene rings is 4. The van der Waals surface area contributed by atoms with E-state index in [1.165, 1.54) is 0 Å². The minimum absolute atomic E-state index is 0.506. The Morgan fingerprint density at radius 2 is 1.08 bits per heavy atom. The summed E-state index contributed by atoms with van der Waals surface area (Å²) in [7, 11) is -2.26. The van der Waals surface area contributed by atoms with Gasteiger partial charge >= 0.3 is 5.97 Å². The standard InChI is InChI=1S/C34H38O4Si/c1-26(33(2,36)28-20-12-7-13-21-28)32(35)37-31(27-18-10-6-11-19-27)34(38-39(3,4)5,29-22-14-8-15-23-29)30-24-16-9-17-25-30/h6-26,31,36H,1-5H3/t26-,31-,33-/m1/s1. The third-order valence-electron chi connectivity index (χ3n) is 7.13. The summed E-state index contributed by atoms with van der Waals surface area (Å²) < 4.78 is 13.7. The van der Waals surface area contributed by atoms with Crippen LogP contribution in [-0.4, -0.2) is 19.4 Å². The molecular weight excluding hydrogens is 500 g/mol. The van der Waals surface area contributed by atoms with Crippen molar-refractivity contribution in [2.75, 3.05) is 0 Å². The number of hydrogen-bond donors (Lipinski definition) is 1. The van der Waals surface area contributed by atoms with Crippen LogP contribution >= 0.6 is 0 Å². The van der Waals surface area contributed by atoms with E-state index < -0.39 is 37.5 Å². The maximum Gasteiger partial charge on any atom is 0.312 e. The van der Waals surface area contributed by atoms with Crippen LogP contribution in [0.25, 0.3) is 0 Å². The molecule has 202 valence electrons. The molecule has 4 rings (SSSR count). The molecule has 4 aromatic rings. The summed E-state index contributed by atoms with van der Waals surface area (Å²) in [6, 6.07) is 39.0. The van der Waals surface area contributed by atoms with E-state index in [9.17, 15) is 9.90 Å². The fourth-order valence-electron chi connectivity index (χ4n) is 4.98. The molecule has 0 fully saturated rings. The summed E-state index contributed by atoms with van der Waals surface area (Å²) in [6.45, 7) is 9.79. The Kier molecular flexibility index (Phi) is 8.55. The quantitative estimate of drug-likeness (QED) is 0.167. The van der Waals surface area contributed by atoms with E-state index in [0.29, 0.717) is 5.56 Å². The maximum absolute atomic E-state index is 14.0. The van der Waals surface area contributed by atoms with Crippen LogP contribution in [0.3, 0.4) is 0 Å². The molecule has 0 spiro atoms. The van der Waals surface area contributed by atoms with Crippen LogP contribution < -0.4 is 0 Å². The van der Waals surface area contributed by atoms with Gasteiger partial charge < -0.3 is 14.3 Å². The highest BCUT2D eigenvalue weighted by Gasteiger charge is 2.50. The molecule has 0 amide bonds. The highest BCUT2D eigenvalue weighted by Crippen LogP contribution is 2.49. The predicted octanol–water partition coefficient (Wildman–Crippen LogP) is 7.61. The molecule has 0 aliphatic rings. The third-order valence-corrected chi connectivity index (χ3v) is 8.07. The summed E-state index contributed by atoms with van der Waals surface area (Å²) >= 11 is 0. The Morgan fingerprint density at radius 1 is 0.692 bits per heavy atom. The Labute approximate surface area is 233 Å². The average Bonchev–Trinajstić information content (AvgIpc) is 2.95. The van der Waals surface area contributed by atoms with E-state index in [0.717, 1.165) is 16.7 Å². The van der Waals surface area contributed by atoms with Gasteiger partial charge in [0.05, 0.1) is 11.5 Å². The molecule has 0 heterocycles. The lowest BCUT2D eigenvalue weighted by atomic mass is 9.78. The van der Waals surface area contributed by atoms with Crippen molar-refractivity contribution < 1.29 is 19.1 Å². The van der Waals surface area contributed by atoms with E-state index in [1.807, 2.05) is 121 Å². The largest absolute Gasteiger partial charge is 0.453 e. The van der Waals surface area contributed by atoms with Gasteiger partial charge in [0.15, 0.2) is 14.4 Å². The average molecular weight is 539 g/mol. The minimum Gasteiger partial charge on any atom is -0.453 e. The molecule has 3 atom stereocenters. The smallest absolute Gasteiger partial charge is 0.312 e. The van der Waals surface area contributed by atoms with Gasteiger partial charge in [0, 0.05) is 0 Å². The summed E-state index contributed by atoms with van der Waals surface area (Å²) in [6.07, 6.45) is -0.822. The summed E-state index contributed by atoms with van der Waals surface area (Å²) in [5.41, 5.74) is 0.694. The van der Waals surface area contributed by atoms with Crippen LogP contribution in [0.5, 0.6) is 0 Å². The molecule has 4 nitrogen and oxygen atoms in total. The van der Waals surface area contributed by atoms with Gasteiger partial charge in [-0.1, -0.05) is 121 Å². The molecular formula is C34H38O4Si. The highest BCUT2D eigenvalue weighted by molar-refractivity contribution is 6.69. The highest BCUT2D eigenvalue weighted by atomic mass is 28.4. The van der Waals surface area contributed by atoms with Crippen LogP contribution in [0, 0.1) is 5.92 Å². The van der Waals surface area contributed by atoms with Gasteiger partial charge in [-0.2, -0.15) is 0 Å². The Balaban J connectivity index is 1.91. The molecule has 0 unspecified atom stereocenters. The van der Waals surface area contributed by atoms with Crippen LogP contribution in [-0.2, 0) is 25.2 Å². The number of carbonyl (C=O) groups is 1. The molecule has 0 radical (unpaired) electrons. The van der Waals surface area contributed by atoms with Crippen molar-refractivity contribution >= 4 is 14.3 Å². The fraction of sp³-hybridized carbons (Fsp3) is 0.265.